The summed E-state index contributed by atoms with van der Waals surface area (Å²) in [7, 11) is -3.84. The number of nitrogens with one attached hydrogen (secondary N) is 2. The van der Waals surface area contributed by atoms with Crippen LogP contribution in [0.4, 0.5) is 11.4 Å². The van der Waals surface area contributed by atoms with Crippen LogP contribution in [0.1, 0.15) is 6.92 Å². The molecule has 9 heteroatoms. The Hall–Kier alpha value is -2.78. The second kappa shape index (κ2) is 7.20. The summed E-state index contributed by atoms with van der Waals surface area (Å²) >= 11 is 0. The van der Waals surface area contributed by atoms with Gasteiger partial charge in [0.2, 0.25) is 15.9 Å². The quantitative estimate of drug-likeness (QED) is 0.610. The number of sulfonamides is 1. The van der Waals surface area contributed by atoms with Gasteiger partial charge in [0, 0.05) is 17.8 Å². The van der Waals surface area contributed by atoms with E-state index in [4.69, 9.17) is 0 Å². The van der Waals surface area contributed by atoms with E-state index in [0.29, 0.717) is 0 Å². The number of nitro benzene ring substituents is 1. The standard InChI is InChI=1S/C15H15N3O5S/c1-11(17-24(22,23)14-8-3-2-4-9-14)15(19)16-12-6-5-7-13(10-12)18(20)21/h2-11,17H,1H3,(H,16,19)/t11-/m0/s1. The summed E-state index contributed by atoms with van der Waals surface area (Å²) in [5, 5.41) is 13.2. The Balaban J connectivity index is 2.07. The molecule has 2 aromatic rings. The first-order chi connectivity index (χ1) is 11.3. The van der Waals surface area contributed by atoms with Gasteiger partial charge in [0.25, 0.3) is 5.69 Å². The van der Waals surface area contributed by atoms with Crippen molar-refractivity contribution in [2.75, 3.05) is 5.32 Å². The van der Waals surface area contributed by atoms with Gasteiger partial charge < -0.3 is 5.32 Å². The Morgan fingerprint density at radius 1 is 1.12 bits per heavy atom. The van der Waals surface area contributed by atoms with E-state index in [1.165, 1.54) is 43.3 Å². The molecule has 0 bridgehead atoms. The highest BCUT2D eigenvalue weighted by molar-refractivity contribution is 7.89. The van der Waals surface area contributed by atoms with Crippen molar-refractivity contribution in [1.82, 2.24) is 4.72 Å². The maximum atomic E-state index is 12.2. The third-order valence-corrected chi connectivity index (χ3v) is 4.66. The Morgan fingerprint density at radius 2 is 1.79 bits per heavy atom. The second-order valence-electron chi connectivity index (χ2n) is 4.95. The molecule has 0 saturated heterocycles. The molecule has 8 nitrogen and oxygen atoms in total. The summed E-state index contributed by atoms with van der Waals surface area (Å²) < 4.78 is 26.6. The predicted molar refractivity (Wildman–Crippen MR) is 88.0 cm³/mol. The van der Waals surface area contributed by atoms with E-state index in [2.05, 4.69) is 10.0 Å². The minimum atomic E-state index is -3.84. The zero-order valence-electron chi connectivity index (χ0n) is 12.7. The Labute approximate surface area is 138 Å². The fourth-order valence-electron chi connectivity index (χ4n) is 1.90. The number of carbonyl (C=O) groups excluding carboxylic acids is 1. The molecule has 126 valence electrons. The van der Waals surface area contributed by atoms with Crippen LogP contribution < -0.4 is 10.0 Å². The van der Waals surface area contributed by atoms with Crippen LogP contribution in [-0.4, -0.2) is 25.3 Å². The van der Waals surface area contributed by atoms with E-state index in [-0.39, 0.29) is 16.3 Å². The van der Waals surface area contributed by atoms with Crippen molar-refractivity contribution in [2.45, 2.75) is 17.9 Å². The predicted octanol–water partition coefficient (Wildman–Crippen LogP) is 1.90. The van der Waals surface area contributed by atoms with Crippen LogP contribution in [0.3, 0.4) is 0 Å². The third kappa shape index (κ3) is 4.37. The average Bonchev–Trinajstić information content (AvgIpc) is 2.55. The van der Waals surface area contributed by atoms with Crippen molar-refractivity contribution >= 4 is 27.3 Å². The van der Waals surface area contributed by atoms with Crippen LogP contribution in [0.25, 0.3) is 0 Å². The second-order valence-corrected chi connectivity index (χ2v) is 6.67. The van der Waals surface area contributed by atoms with Crippen LogP contribution in [-0.2, 0) is 14.8 Å². The lowest BCUT2D eigenvalue weighted by molar-refractivity contribution is -0.384. The molecule has 0 aromatic heterocycles. The number of nitro groups is 1. The first kappa shape index (κ1) is 17.6. The fourth-order valence-corrected chi connectivity index (χ4v) is 3.13. The monoisotopic (exact) mass is 349 g/mol. The first-order valence-electron chi connectivity index (χ1n) is 6.92. The van der Waals surface area contributed by atoms with Crippen molar-refractivity contribution in [2.24, 2.45) is 0 Å². The van der Waals surface area contributed by atoms with Gasteiger partial charge in [-0.3, -0.25) is 14.9 Å². The van der Waals surface area contributed by atoms with Gasteiger partial charge in [-0.2, -0.15) is 4.72 Å². The summed E-state index contributed by atoms with van der Waals surface area (Å²) in [4.78, 5) is 22.3. The maximum absolute atomic E-state index is 12.2. The highest BCUT2D eigenvalue weighted by Gasteiger charge is 2.22. The number of benzene rings is 2. The molecule has 0 aliphatic carbocycles. The number of anilines is 1. The number of amides is 1. The summed E-state index contributed by atoms with van der Waals surface area (Å²) in [6.07, 6.45) is 0. The van der Waals surface area contributed by atoms with E-state index in [0.717, 1.165) is 0 Å². The normalized spacial score (nSPS) is 12.4. The van der Waals surface area contributed by atoms with Crippen molar-refractivity contribution in [1.29, 1.82) is 0 Å². The van der Waals surface area contributed by atoms with Crippen LogP contribution >= 0.6 is 0 Å². The summed E-state index contributed by atoms with van der Waals surface area (Å²) in [5.41, 5.74) is 0.0327. The van der Waals surface area contributed by atoms with Gasteiger partial charge in [-0.1, -0.05) is 24.3 Å². The zero-order valence-corrected chi connectivity index (χ0v) is 13.5. The summed E-state index contributed by atoms with van der Waals surface area (Å²) in [6.45, 7) is 1.38. The van der Waals surface area contributed by atoms with E-state index < -0.39 is 26.9 Å². The first-order valence-corrected chi connectivity index (χ1v) is 8.40. The van der Waals surface area contributed by atoms with Crippen molar-refractivity contribution < 1.29 is 18.1 Å². The van der Waals surface area contributed by atoms with Gasteiger partial charge in [-0.25, -0.2) is 8.42 Å². The molecule has 0 spiro atoms. The number of rotatable bonds is 6. The van der Waals surface area contributed by atoms with Gasteiger partial charge >= 0.3 is 0 Å². The fraction of sp³-hybridized carbons (Fsp3) is 0.133. The topological polar surface area (TPSA) is 118 Å². The highest BCUT2D eigenvalue weighted by Crippen LogP contribution is 2.17. The number of hydrogen-bond donors (Lipinski definition) is 2. The molecule has 2 rings (SSSR count). The van der Waals surface area contributed by atoms with Crippen molar-refractivity contribution in [3.63, 3.8) is 0 Å². The number of nitrogens with zero attached hydrogens (tertiary/aromatic N) is 1. The molecule has 1 atom stereocenters. The number of non-ortho nitro benzene ring substituents is 1. The molecule has 0 unspecified atom stereocenters. The molecule has 0 saturated carbocycles. The number of carbonyl (C=O) groups is 1. The average molecular weight is 349 g/mol. The van der Waals surface area contributed by atoms with Gasteiger partial charge in [0.05, 0.1) is 15.9 Å². The smallest absolute Gasteiger partial charge is 0.271 e. The third-order valence-electron chi connectivity index (χ3n) is 3.10. The van der Waals surface area contributed by atoms with Gasteiger partial charge in [0.15, 0.2) is 0 Å². The molecule has 1 amide bonds. The van der Waals surface area contributed by atoms with Crippen LogP contribution in [0.2, 0.25) is 0 Å². The van der Waals surface area contributed by atoms with Gasteiger partial charge in [0.1, 0.15) is 0 Å². The molecule has 0 heterocycles. The lowest BCUT2D eigenvalue weighted by Gasteiger charge is -2.14. The lowest BCUT2D eigenvalue weighted by Crippen LogP contribution is -2.41. The van der Waals surface area contributed by atoms with Gasteiger partial charge in [-0.05, 0) is 25.1 Å². The van der Waals surface area contributed by atoms with Crippen LogP contribution in [0.5, 0.6) is 0 Å². The molecular weight excluding hydrogens is 334 g/mol. The Bertz CT molecular complexity index is 852. The molecule has 2 N–H and O–H groups in total. The van der Waals surface area contributed by atoms with Gasteiger partial charge in [-0.15, -0.1) is 0 Å². The minimum Gasteiger partial charge on any atom is -0.324 e. The molecule has 0 aliphatic rings. The largest absolute Gasteiger partial charge is 0.324 e. The van der Waals surface area contributed by atoms with E-state index in [1.807, 2.05) is 0 Å². The Kier molecular flexibility index (Phi) is 5.27. The molecular formula is C15H15N3O5S. The molecule has 0 fully saturated rings. The Morgan fingerprint density at radius 3 is 2.42 bits per heavy atom. The van der Waals surface area contributed by atoms with Crippen molar-refractivity contribution in [3.8, 4) is 0 Å². The molecule has 0 radical (unpaired) electrons. The van der Waals surface area contributed by atoms with E-state index in [9.17, 15) is 23.3 Å². The summed E-state index contributed by atoms with van der Waals surface area (Å²) in [6, 6.07) is 12.0. The van der Waals surface area contributed by atoms with E-state index in [1.54, 1.807) is 18.2 Å². The van der Waals surface area contributed by atoms with E-state index >= 15 is 0 Å². The minimum absolute atomic E-state index is 0.0417. The maximum Gasteiger partial charge on any atom is 0.271 e. The lowest BCUT2D eigenvalue weighted by atomic mass is 10.2. The van der Waals surface area contributed by atoms with Crippen molar-refractivity contribution in [3.05, 3.63) is 64.7 Å². The molecule has 24 heavy (non-hydrogen) atoms. The zero-order chi connectivity index (χ0) is 17.7. The van der Waals surface area contributed by atoms with Crippen LogP contribution in [0, 0.1) is 10.1 Å². The van der Waals surface area contributed by atoms with Crippen LogP contribution in [0.15, 0.2) is 59.5 Å². The SMILES string of the molecule is C[C@H](NS(=O)(=O)c1ccccc1)C(=O)Nc1cccc([N+](=O)[O-])c1. The summed E-state index contributed by atoms with van der Waals surface area (Å²) in [5.74, 6) is -0.630. The number of hydrogen-bond acceptors (Lipinski definition) is 5. The highest BCUT2D eigenvalue weighted by atomic mass is 32.2. The molecule has 0 aliphatic heterocycles. The molecule has 2 aromatic carbocycles.